The fourth-order valence-corrected chi connectivity index (χ4v) is 1.93. The maximum atomic E-state index is 3.84. The van der Waals surface area contributed by atoms with Gasteiger partial charge in [-0.05, 0) is 23.5 Å². The minimum atomic E-state index is 0.945. The van der Waals surface area contributed by atoms with Gasteiger partial charge in [0.15, 0.2) is 0 Å². The normalized spacial score (nSPS) is 16.6. The van der Waals surface area contributed by atoms with Gasteiger partial charge in [-0.3, -0.25) is 0 Å². The molecule has 1 aliphatic carbocycles. The summed E-state index contributed by atoms with van der Waals surface area (Å²) in [5, 5.41) is 0. The van der Waals surface area contributed by atoms with Crippen LogP contribution < -0.4 is 0 Å². The van der Waals surface area contributed by atoms with Gasteiger partial charge >= 0.3 is 0 Å². The molecule has 0 saturated heterocycles. The van der Waals surface area contributed by atoms with Crippen LogP contribution in [0, 0.1) is 5.92 Å². The minimum Gasteiger partial charge on any atom is -0.0985 e. The zero-order chi connectivity index (χ0) is 9.10. The molecule has 13 heavy (non-hydrogen) atoms. The van der Waals surface area contributed by atoms with Gasteiger partial charge in [0.25, 0.3) is 0 Å². The summed E-state index contributed by atoms with van der Waals surface area (Å²) in [4.78, 5) is 0. The third kappa shape index (κ3) is 1.82. The zero-order valence-corrected chi connectivity index (χ0v) is 8.00. The SMILES string of the molecule is C=Cc1ccccc1CC1CCC1. The standard InChI is InChI=1S/C13H16/c1-2-12-8-3-4-9-13(12)10-11-6-5-7-11/h2-4,8-9,11H,1,5-7,10H2. The van der Waals surface area contributed by atoms with Gasteiger partial charge in [-0.15, -0.1) is 0 Å². The number of benzene rings is 1. The molecule has 0 radical (unpaired) electrons. The van der Waals surface area contributed by atoms with Crippen LogP contribution in [0.4, 0.5) is 0 Å². The second kappa shape index (κ2) is 3.78. The third-order valence-corrected chi connectivity index (χ3v) is 3.01. The predicted octanol–water partition coefficient (Wildman–Crippen LogP) is 3.67. The molecule has 0 bridgehead atoms. The average Bonchev–Trinajstić information content (AvgIpc) is 2.12. The van der Waals surface area contributed by atoms with E-state index in [2.05, 4.69) is 30.8 Å². The van der Waals surface area contributed by atoms with E-state index in [0.29, 0.717) is 0 Å². The van der Waals surface area contributed by atoms with Crippen molar-refractivity contribution in [2.24, 2.45) is 5.92 Å². The molecule has 0 atom stereocenters. The van der Waals surface area contributed by atoms with Gasteiger partial charge in [0.2, 0.25) is 0 Å². The maximum Gasteiger partial charge on any atom is -0.0230 e. The Hall–Kier alpha value is -1.04. The first-order valence-electron chi connectivity index (χ1n) is 5.10. The number of hydrogen-bond acceptors (Lipinski definition) is 0. The summed E-state index contributed by atoms with van der Waals surface area (Å²) in [5.41, 5.74) is 2.79. The van der Waals surface area contributed by atoms with Gasteiger partial charge < -0.3 is 0 Å². The van der Waals surface area contributed by atoms with Crippen molar-refractivity contribution in [3.63, 3.8) is 0 Å². The average molecular weight is 172 g/mol. The Labute approximate surface area is 80.3 Å². The molecule has 0 spiro atoms. The van der Waals surface area contributed by atoms with E-state index in [1.165, 1.54) is 36.8 Å². The van der Waals surface area contributed by atoms with Crippen LogP contribution in [0.1, 0.15) is 30.4 Å². The highest BCUT2D eigenvalue weighted by Crippen LogP contribution is 2.30. The summed E-state index contributed by atoms with van der Waals surface area (Å²) in [6.07, 6.45) is 7.49. The quantitative estimate of drug-likeness (QED) is 0.652. The molecule has 0 aliphatic heterocycles. The molecule has 1 fully saturated rings. The van der Waals surface area contributed by atoms with Crippen LogP contribution in [-0.4, -0.2) is 0 Å². The van der Waals surface area contributed by atoms with Crippen LogP contribution >= 0.6 is 0 Å². The lowest BCUT2D eigenvalue weighted by atomic mass is 9.80. The Bertz CT molecular complexity index is 295. The molecule has 1 aliphatic rings. The van der Waals surface area contributed by atoms with Crippen molar-refractivity contribution in [2.45, 2.75) is 25.7 Å². The smallest absolute Gasteiger partial charge is 0.0230 e. The lowest BCUT2D eigenvalue weighted by Gasteiger charge is -2.25. The molecule has 68 valence electrons. The summed E-state index contributed by atoms with van der Waals surface area (Å²) < 4.78 is 0. The Balaban J connectivity index is 2.12. The summed E-state index contributed by atoms with van der Waals surface area (Å²) in [5.74, 6) is 0.945. The van der Waals surface area contributed by atoms with Crippen LogP contribution in [0.3, 0.4) is 0 Å². The topological polar surface area (TPSA) is 0 Å². The van der Waals surface area contributed by atoms with E-state index in [4.69, 9.17) is 0 Å². The van der Waals surface area contributed by atoms with Crippen LogP contribution in [0.2, 0.25) is 0 Å². The van der Waals surface area contributed by atoms with E-state index in [1.54, 1.807) is 0 Å². The fraction of sp³-hybridized carbons (Fsp3) is 0.385. The predicted molar refractivity (Wildman–Crippen MR) is 57.6 cm³/mol. The number of rotatable bonds is 3. The first-order chi connectivity index (χ1) is 6.40. The first-order valence-corrected chi connectivity index (χ1v) is 5.10. The molecule has 0 heterocycles. The van der Waals surface area contributed by atoms with Gasteiger partial charge in [0, 0.05) is 0 Å². The van der Waals surface area contributed by atoms with Crippen LogP contribution in [-0.2, 0) is 6.42 Å². The van der Waals surface area contributed by atoms with Crippen molar-refractivity contribution in [3.8, 4) is 0 Å². The Morgan fingerprint density at radius 3 is 2.69 bits per heavy atom. The molecule has 0 aromatic heterocycles. The minimum absolute atomic E-state index is 0.945. The van der Waals surface area contributed by atoms with E-state index < -0.39 is 0 Å². The van der Waals surface area contributed by atoms with E-state index in [1.807, 2.05) is 6.08 Å². The van der Waals surface area contributed by atoms with Crippen molar-refractivity contribution >= 4 is 6.08 Å². The van der Waals surface area contributed by atoms with E-state index in [9.17, 15) is 0 Å². The molecule has 1 aromatic rings. The summed E-state index contributed by atoms with van der Waals surface area (Å²) >= 11 is 0. The fourth-order valence-electron chi connectivity index (χ4n) is 1.93. The molecule has 1 saturated carbocycles. The molecule has 0 nitrogen and oxygen atoms in total. The Morgan fingerprint density at radius 1 is 1.31 bits per heavy atom. The van der Waals surface area contributed by atoms with Crippen molar-refractivity contribution in [3.05, 3.63) is 42.0 Å². The van der Waals surface area contributed by atoms with Crippen LogP contribution in [0.5, 0.6) is 0 Å². The highest BCUT2D eigenvalue weighted by atomic mass is 14.2. The molecular weight excluding hydrogens is 156 g/mol. The molecule has 0 heteroatoms. The number of hydrogen-bond donors (Lipinski definition) is 0. The van der Waals surface area contributed by atoms with Gasteiger partial charge in [-0.1, -0.05) is 56.2 Å². The van der Waals surface area contributed by atoms with Gasteiger partial charge in [-0.2, -0.15) is 0 Å². The molecule has 0 N–H and O–H groups in total. The molecular formula is C13H16. The highest BCUT2D eigenvalue weighted by molar-refractivity contribution is 5.51. The summed E-state index contributed by atoms with van der Waals surface area (Å²) in [6, 6.07) is 8.60. The second-order valence-corrected chi connectivity index (χ2v) is 3.90. The molecule has 2 rings (SSSR count). The first kappa shape index (κ1) is 8.55. The molecule has 0 unspecified atom stereocenters. The third-order valence-electron chi connectivity index (χ3n) is 3.01. The monoisotopic (exact) mass is 172 g/mol. The van der Waals surface area contributed by atoms with Gasteiger partial charge in [0.1, 0.15) is 0 Å². The van der Waals surface area contributed by atoms with Crippen molar-refractivity contribution < 1.29 is 0 Å². The van der Waals surface area contributed by atoms with Crippen molar-refractivity contribution in [1.29, 1.82) is 0 Å². The summed E-state index contributed by atoms with van der Waals surface area (Å²) in [7, 11) is 0. The van der Waals surface area contributed by atoms with Crippen LogP contribution in [0.15, 0.2) is 30.8 Å². The maximum absolute atomic E-state index is 3.84. The van der Waals surface area contributed by atoms with Crippen molar-refractivity contribution in [2.75, 3.05) is 0 Å². The van der Waals surface area contributed by atoms with Crippen LogP contribution in [0.25, 0.3) is 6.08 Å². The lowest BCUT2D eigenvalue weighted by molar-refractivity contribution is 0.314. The van der Waals surface area contributed by atoms with E-state index in [-0.39, 0.29) is 0 Å². The summed E-state index contributed by atoms with van der Waals surface area (Å²) in [6.45, 7) is 3.84. The Morgan fingerprint density at radius 2 is 2.08 bits per heavy atom. The van der Waals surface area contributed by atoms with Gasteiger partial charge in [0.05, 0.1) is 0 Å². The Kier molecular flexibility index (Phi) is 2.49. The van der Waals surface area contributed by atoms with E-state index >= 15 is 0 Å². The largest absolute Gasteiger partial charge is 0.0985 e. The van der Waals surface area contributed by atoms with E-state index in [0.717, 1.165) is 5.92 Å². The van der Waals surface area contributed by atoms with Crippen molar-refractivity contribution in [1.82, 2.24) is 0 Å². The molecule has 1 aromatic carbocycles. The highest BCUT2D eigenvalue weighted by Gasteiger charge is 2.18. The van der Waals surface area contributed by atoms with Gasteiger partial charge in [-0.25, -0.2) is 0 Å². The molecule has 0 amide bonds. The second-order valence-electron chi connectivity index (χ2n) is 3.90. The lowest BCUT2D eigenvalue weighted by Crippen LogP contribution is -2.14. The zero-order valence-electron chi connectivity index (χ0n) is 8.00.